The summed E-state index contributed by atoms with van der Waals surface area (Å²) in [6, 6.07) is 2.43. The number of nitrogens with one attached hydrogen (secondary N) is 1. The first-order chi connectivity index (χ1) is 9.81. The first-order valence-corrected chi connectivity index (χ1v) is 8.36. The van der Waals surface area contributed by atoms with Gasteiger partial charge in [-0.3, -0.25) is 9.69 Å². The number of hydrogen-bond donors (Lipinski definition) is 1. The van der Waals surface area contributed by atoms with Crippen molar-refractivity contribution in [2.24, 2.45) is 0 Å². The average Bonchev–Trinajstić information content (AvgIpc) is 3.00. The fourth-order valence-electron chi connectivity index (χ4n) is 2.45. The van der Waals surface area contributed by atoms with Crippen molar-refractivity contribution in [2.75, 3.05) is 32.8 Å². The molecule has 1 aromatic rings. The Hall–Kier alpha value is -0.910. The Labute approximate surface area is 125 Å². The maximum absolute atomic E-state index is 11.8. The molecule has 0 saturated carbocycles. The summed E-state index contributed by atoms with van der Waals surface area (Å²) in [4.78, 5) is 14.2. The minimum absolute atomic E-state index is 0.167. The van der Waals surface area contributed by atoms with Crippen molar-refractivity contribution in [3.8, 4) is 0 Å². The van der Waals surface area contributed by atoms with Crippen LogP contribution in [0.3, 0.4) is 0 Å². The van der Waals surface area contributed by atoms with Crippen LogP contribution in [0.4, 0.5) is 0 Å². The molecular formula is C15H24N2O2S. The lowest BCUT2D eigenvalue weighted by Crippen LogP contribution is -2.43. The molecule has 20 heavy (non-hydrogen) atoms. The van der Waals surface area contributed by atoms with E-state index in [0.717, 1.165) is 39.1 Å². The first kappa shape index (κ1) is 15.5. The van der Waals surface area contributed by atoms with E-state index in [4.69, 9.17) is 4.74 Å². The molecule has 1 unspecified atom stereocenters. The number of thiophene rings is 1. The number of amides is 1. The zero-order valence-corrected chi connectivity index (χ0v) is 13.0. The van der Waals surface area contributed by atoms with Gasteiger partial charge in [0, 0.05) is 26.1 Å². The summed E-state index contributed by atoms with van der Waals surface area (Å²) in [5.41, 5.74) is 1.30. The van der Waals surface area contributed by atoms with Gasteiger partial charge in [0.2, 0.25) is 5.91 Å². The van der Waals surface area contributed by atoms with E-state index in [-0.39, 0.29) is 11.9 Å². The lowest BCUT2D eigenvalue weighted by Gasteiger charge is -2.34. The molecular weight excluding hydrogens is 272 g/mol. The third-order valence-corrected chi connectivity index (χ3v) is 4.37. The van der Waals surface area contributed by atoms with Crippen LogP contribution in [0.15, 0.2) is 16.8 Å². The number of morpholine rings is 1. The molecule has 1 fully saturated rings. The van der Waals surface area contributed by atoms with Crippen molar-refractivity contribution in [3.05, 3.63) is 22.4 Å². The van der Waals surface area contributed by atoms with Gasteiger partial charge < -0.3 is 10.1 Å². The highest BCUT2D eigenvalue weighted by molar-refractivity contribution is 7.07. The van der Waals surface area contributed by atoms with Gasteiger partial charge in [0.15, 0.2) is 0 Å². The Morgan fingerprint density at radius 1 is 1.50 bits per heavy atom. The standard InChI is InChI=1S/C15H24N2O2S/c1-2-3-4-15(18)16-11-14(13-5-10-20-12-13)17-6-8-19-9-7-17/h5,10,12,14H,2-4,6-9,11H2,1H3,(H,16,18). The van der Waals surface area contributed by atoms with Crippen LogP contribution in [0.25, 0.3) is 0 Å². The van der Waals surface area contributed by atoms with Gasteiger partial charge >= 0.3 is 0 Å². The molecule has 1 amide bonds. The van der Waals surface area contributed by atoms with Gasteiger partial charge in [-0.1, -0.05) is 13.3 Å². The van der Waals surface area contributed by atoms with Gasteiger partial charge in [0.05, 0.1) is 19.3 Å². The predicted octanol–water partition coefficient (Wildman–Crippen LogP) is 2.43. The van der Waals surface area contributed by atoms with E-state index in [9.17, 15) is 4.79 Å². The number of hydrogen-bond acceptors (Lipinski definition) is 4. The fourth-order valence-corrected chi connectivity index (χ4v) is 3.15. The average molecular weight is 296 g/mol. The van der Waals surface area contributed by atoms with Crippen LogP contribution >= 0.6 is 11.3 Å². The molecule has 0 radical (unpaired) electrons. The second kappa shape index (κ2) is 8.39. The van der Waals surface area contributed by atoms with Crippen LogP contribution in [0.1, 0.15) is 37.8 Å². The maximum atomic E-state index is 11.8. The van der Waals surface area contributed by atoms with Gasteiger partial charge in [-0.25, -0.2) is 0 Å². The van der Waals surface area contributed by atoms with E-state index < -0.39 is 0 Å². The smallest absolute Gasteiger partial charge is 0.220 e. The highest BCUT2D eigenvalue weighted by Crippen LogP contribution is 2.23. The second-order valence-corrected chi connectivity index (χ2v) is 5.91. The molecule has 1 aliphatic rings. The van der Waals surface area contributed by atoms with Crippen molar-refractivity contribution < 1.29 is 9.53 Å². The van der Waals surface area contributed by atoms with Gasteiger partial charge in [0.25, 0.3) is 0 Å². The summed E-state index contributed by atoms with van der Waals surface area (Å²) < 4.78 is 5.42. The molecule has 1 N–H and O–H groups in total. The largest absolute Gasteiger partial charge is 0.379 e. The number of carbonyl (C=O) groups is 1. The zero-order valence-electron chi connectivity index (χ0n) is 12.1. The molecule has 2 rings (SSSR count). The number of carbonyl (C=O) groups excluding carboxylic acids is 1. The lowest BCUT2D eigenvalue weighted by molar-refractivity contribution is -0.121. The lowest BCUT2D eigenvalue weighted by atomic mass is 10.1. The van der Waals surface area contributed by atoms with E-state index in [1.807, 2.05) is 0 Å². The minimum atomic E-state index is 0.167. The molecule has 2 heterocycles. The van der Waals surface area contributed by atoms with Crippen molar-refractivity contribution >= 4 is 17.2 Å². The number of ether oxygens (including phenoxy) is 1. The molecule has 1 atom stereocenters. The molecule has 0 spiro atoms. The molecule has 0 aromatic carbocycles. The van der Waals surface area contributed by atoms with Crippen LogP contribution in [0.5, 0.6) is 0 Å². The zero-order chi connectivity index (χ0) is 14.2. The Balaban J connectivity index is 1.91. The van der Waals surface area contributed by atoms with Gasteiger partial charge in [0.1, 0.15) is 0 Å². The summed E-state index contributed by atoms with van der Waals surface area (Å²) >= 11 is 1.71. The molecule has 4 nitrogen and oxygen atoms in total. The molecule has 1 aromatic heterocycles. The van der Waals surface area contributed by atoms with Crippen LogP contribution in [-0.4, -0.2) is 43.7 Å². The van der Waals surface area contributed by atoms with Crippen LogP contribution in [0, 0.1) is 0 Å². The monoisotopic (exact) mass is 296 g/mol. The van der Waals surface area contributed by atoms with Gasteiger partial charge in [-0.05, 0) is 28.8 Å². The molecule has 1 aliphatic heterocycles. The van der Waals surface area contributed by atoms with Gasteiger partial charge in [-0.2, -0.15) is 11.3 Å². The van der Waals surface area contributed by atoms with Crippen LogP contribution < -0.4 is 5.32 Å². The molecule has 112 valence electrons. The number of unbranched alkanes of at least 4 members (excludes halogenated alkanes) is 1. The Kier molecular flexibility index (Phi) is 6.50. The van der Waals surface area contributed by atoms with E-state index in [1.54, 1.807) is 11.3 Å². The van der Waals surface area contributed by atoms with Crippen molar-refractivity contribution in [1.82, 2.24) is 10.2 Å². The fraction of sp³-hybridized carbons (Fsp3) is 0.667. The summed E-state index contributed by atoms with van der Waals surface area (Å²) in [6.45, 7) is 6.24. The number of rotatable bonds is 7. The van der Waals surface area contributed by atoms with Crippen LogP contribution in [0.2, 0.25) is 0 Å². The third-order valence-electron chi connectivity index (χ3n) is 3.66. The highest BCUT2D eigenvalue weighted by atomic mass is 32.1. The third kappa shape index (κ3) is 4.58. The molecule has 0 aliphatic carbocycles. The summed E-state index contributed by atoms with van der Waals surface area (Å²) in [5, 5.41) is 7.36. The Morgan fingerprint density at radius 2 is 2.30 bits per heavy atom. The van der Waals surface area contributed by atoms with E-state index >= 15 is 0 Å². The summed E-state index contributed by atoms with van der Waals surface area (Å²) in [7, 11) is 0. The summed E-state index contributed by atoms with van der Waals surface area (Å²) in [5.74, 6) is 0.167. The van der Waals surface area contributed by atoms with E-state index in [0.29, 0.717) is 13.0 Å². The Morgan fingerprint density at radius 3 is 2.95 bits per heavy atom. The quantitative estimate of drug-likeness (QED) is 0.840. The number of nitrogens with zero attached hydrogens (tertiary/aromatic N) is 1. The van der Waals surface area contributed by atoms with E-state index in [1.165, 1.54) is 5.56 Å². The Bertz CT molecular complexity index is 389. The summed E-state index contributed by atoms with van der Waals surface area (Å²) in [6.07, 6.45) is 2.66. The minimum Gasteiger partial charge on any atom is -0.379 e. The molecule has 1 saturated heterocycles. The first-order valence-electron chi connectivity index (χ1n) is 7.42. The SMILES string of the molecule is CCCCC(=O)NCC(c1ccsc1)N1CCOCC1. The topological polar surface area (TPSA) is 41.6 Å². The maximum Gasteiger partial charge on any atom is 0.220 e. The van der Waals surface area contributed by atoms with Crippen LogP contribution in [-0.2, 0) is 9.53 Å². The van der Waals surface area contributed by atoms with Crippen molar-refractivity contribution in [3.63, 3.8) is 0 Å². The molecule has 5 heteroatoms. The second-order valence-electron chi connectivity index (χ2n) is 5.13. The predicted molar refractivity (Wildman–Crippen MR) is 82.0 cm³/mol. The van der Waals surface area contributed by atoms with Crippen molar-refractivity contribution in [1.29, 1.82) is 0 Å². The van der Waals surface area contributed by atoms with Crippen molar-refractivity contribution in [2.45, 2.75) is 32.2 Å². The highest BCUT2D eigenvalue weighted by Gasteiger charge is 2.23. The molecule has 0 bridgehead atoms. The van der Waals surface area contributed by atoms with Gasteiger partial charge in [-0.15, -0.1) is 0 Å². The normalized spacial score (nSPS) is 17.9. The van der Waals surface area contributed by atoms with E-state index in [2.05, 4.69) is 34.0 Å².